The molecule has 4 nitrogen and oxygen atoms in total. The fraction of sp³-hybridized carbons (Fsp3) is 0.0556. The number of benzene rings is 2. The Labute approximate surface area is 173 Å². The van der Waals surface area contributed by atoms with E-state index in [-0.39, 0.29) is 11.0 Å². The van der Waals surface area contributed by atoms with Gasteiger partial charge in [0.15, 0.2) is 10.2 Å². The molecule has 1 heterocycles. The van der Waals surface area contributed by atoms with Gasteiger partial charge in [-0.1, -0.05) is 45.7 Å². The molecule has 0 saturated heterocycles. The summed E-state index contributed by atoms with van der Waals surface area (Å²) in [6, 6.07) is 13.1. The Morgan fingerprint density at radius 3 is 2.65 bits per heavy atom. The third-order valence-corrected chi connectivity index (χ3v) is 5.26. The second-order valence-electron chi connectivity index (χ2n) is 5.44. The minimum absolute atomic E-state index is 0.170. The Morgan fingerprint density at radius 2 is 1.96 bits per heavy atom. The third kappa shape index (κ3) is 4.67. The highest BCUT2D eigenvalue weighted by atomic mass is 79.9. The van der Waals surface area contributed by atoms with Gasteiger partial charge in [0.1, 0.15) is 0 Å². The van der Waals surface area contributed by atoms with Gasteiger partial charge in [0.25, 0.3) is 5.91 Å². The molecule has 1 amide bonds. The van der Waals surface area contributed by atoms with Crippen LogP contribution < -0.4 is 10.6 Å². The van der Waals surface area contributed by atoms with E-state index in [1.807, 2.05) is 42.6 Å². The molecule has 132 valence electrons. The smallest absolute Gasteiger partial charge is 0.258 e. The number of rotatable bonds is 3. The fourth-order valence-electron chi connectivity index (χ4n) is 2.19. The Hall–Kier alpha value is -1.80. The summed E-state index contributed by atoms with van der Waals surface area (Å²) in [6.07, 6.45) is 0. The first-order valence-corrected chi connectivity index (χ1v) is 9.98. The molecule has 0 atom stereocenters. The number of carbonyl (C=O) groups excluding carboxylic acids is 1. The van der Waals surface area contributed by atoms with E-state index in [1.165, 1.54) is 11.3 Å². The predicted molar refractivity (Wildman–Crippen MR) is 115 cm³/mol. The van der Waals surface area contributed by atoms with E-state index in [2.05, 4.69) is 31.5 Å². The number of nitrogens with one attached hydrogen (secondary N) is 2. The van der Waals surface area contributed by atoms with Crippen LogP contribution in [0.1, 0.15) is 15.9 Å². The number of hydrogen-bond acceptors (Lipinski definition) is 4. The van der Waals surface area contributed by atoms with Gasteiger partial charge in [-0.05, 0) is 49.0 Å². The van der Waals surface area contributed by atoms with Gasteiger partial charge in [0.05, 0.1) is 16.3 Å². The van der Waals surface area contributed by atoms with Gasteiger partial charge in [-0.3, -0.25) is 10.1 Å². The van der Waals surface area contributed by atoms with Crippen LogP contribution in [0.2, 0.25) is 5.02 Å². The summed E-state index contributed by atoms with van der Waals surface area (Å²) in [5.41, 5.74) is 3.19. The number of amides is 1. The number of anilines is 1. The lowest BCUT2D eigenvalue weighted by Crippen LogP contribution is -2.34. The molecule has 3 rings (SSSR count). The molecule has 0 aliphatic heterocycles. The van der Waals surface area contributed by atoms with Crippen LogP contribution in [-0.2, 0) is 0 Å². The average molecular weight is 467 g/mol. The van der Waals surface area contributed by atoms with Gasteiger partial charge in [-0.2, -0.15) is 0 Å². The molecule has 0 bridgehead atoms. The Kier molecular flexibility index (Phi) is 6.03. The zero-order valence-electron chi connectivity index (χ0n) is 13.5. The normalized spacial score (nSPS) is 10.4. The van der Waals surface area contributed by atoms with E-state index in [0.29, 0.717) is 15.7 Å². The number of carbonyl (C=O) groups is 1. The molecule has 0 unspecified atom stereocenters. The van der Waals surface area contributed by atoms with E-state index in [4.69, 9.17) is 23.8 Å². The van der Waals surface area contributed by atoms with Crippen LogP contribution >= 0.6 is 51.1 Å². The van der Waals surface area contributed by atoms with Crippen molar-refractivity contribution >= 4 is 67.2 Å². The number of thiazole rings is 1. The van der Waals surface area contributed by atoms with Crippen LogP contribution in [0.15, 0.2) is 52.3 Å². The van der Waals surface area contributed by atoms with Crippen LogP contribution in [-0.4, -0.2) is 16.0 Å². The summed E-state index contributed by atoms with van der Waals surface area (Å²) >= 11 is 16.1. The lowest BCUT2D eigenvalue weighted by molar-refractivity contribution is 0.0978. The zero-order chi connectivity index (χ0) is 18.7. The molecule has 26 heavy (non-hydrogen) atoms. The second-order valence-corrected chi connectivity index (χ2v) is 8.03. The standard InChI is InChI=1S/C18H13BrClN3OS2/c1-10-2-7-13(14(20)8-10)16(24)22-17(25)23-18-21-15(9-26-18)11-3-5-12(19)6-4-11/h2-9H,1H3,(H2,21,22,23,24,25). The largest absolute Gasteiger partial charge is 0.308 e. The topological polar surface area (TPSA) is 54.0 Å². The summed E-state index contributed by atoms with van der Waals surface area (Å²) in [5, 5.41) is 8.63. The van der Waals surface area contributed by atoms with Crippen molar-refractivity contribution in [2.75, 3.05) is 5.32 Å². The molecule has 0 radical (unpaired) electrons. The van der Waals surface area contributed by atoms with Gasteiger partial charge >= 0.3 is 0 Å². The highest BCUT2D eigenvalue weighted by molar-refractivity contribution is 9.10. The molecule has 0 spiro atoms. The first kappa shape index (κ1) is 19.0. The van der Waals surface area contributed by atoms with Gasteiger partial charge in [-0.15, -0.1) is 11.3 Å². The molecule has 3 aromatic rings. The molecule has 0 fully saturated rings. The van der Waals surface area contributed by atoms with Crippen molar-refractivity contribution in [3.63, 3.8) is 0 Å². The molecule has 1 aromatic heterocycles. The van der Waals surface area contributed by atoms with E-state index < -0.39 is 0 Å². The number of thiocarbonyl (C=S) groups is 1. The summed E-state index contributed by atoms with van der Waals surface area (Å²) < 4.78 is 1.01. The fourth-order valence-corrected chi connectivity index (χ4v) is 3.75. The minimum Gasteiger partial charge on any atom is -0.308 e. The first-order valence-electron chi connectivity index (χ1n) is 7.52. The van der Waals surface area contributed by atoms with E-state index in [1.54, 1.807) is 12.1 Å². The van der Waals surface area contributed by atoms with Crippen LogP contribution in [0.4, 0.5) is 5.13 Å². The molecule has 8 heteroatoms. The van der Waals surface area contributed by atoms with Gasteiger partial charge in [-0.25, -0.2) is 4.98 Å². The molecule has 0 aliphatic rings. The quantitative estimate of drug-likeness (QED) is 0.489. The molecule has 0 saturated carbocycles. The highest BCUT2D eigenvalue weighted by Crippen LogP contribution is 2.26. The highest BCUT2D eigenvalue weighted by Gasteiger charge is 2.13. The second kappa shape index (κ2) is 8.26. The van der Waals surface area contributed by atoms with Gasteiger partial charge < -0.3 is 5.32 Å². The van der Waals surface area contributed by atoms with Crippen LogP contribution in [0.5, 0.6) is 0 Å². The van der Waals surface area contributed by atoms with Crippen molar-refractivity contribution in [2.45, 2.75) is 6.92 Å². The lowest BCUT2D eigenvalue weighted by atomic mass is 10.1. The van der Waals surface area contributed by atoms with Crippen LogP contribution in [0, 0.1) is 6.92 Å². The maximum Gasteiger partial charge on any atom is 0.258 e. The van der Waals surface area contributed by atoms with Crippen molar-refractivity contribution in [3.05, 3.63) is 68.5 Å². The molecule has 0 aliphatic carbocycles. The molecular formula is C18H13BrClN3OS2. The summed E-state index contributed by atoms with van der Waals surface area (Å²) in [7, 11) is 0. The first-order chi connectivity index (χ1) is 12.4. The minimum atomic E-state index is -0.364. The maximum atomic E-state index is 12.3. The molecular weight excluding hydrogens is 454 g/mol. The maximum absolute atomic E-state index is 12.3. The van der Waals surface area contributed by atoms with Crippen molar-refractivity contribution < 1.29 is 4.79 Å². The summed E-state index contributed by atoms with van der Waals surface area (Å²) in [6.45, 7) is 1.91. The number of halogens is 2. The van der Waals surface area contributed by atoms with Crippen molar-refractivity contribution in [2.24, 2.45) is 0 Å². The zero-order valence-corrected chi connectivity index (χ0v) is 17.5. The van der Waals surface area contributed by atoms with E-state index in [9.17, 15) is 4.79 Å². The Balaban J connectivity index is 1.65. The molecule has 2 aromatic carbocycles. The van der Waals surface area contributed by atoms with Gasteiger partial charge in [0, 0.05) is 15.4 Å². The number of aromatic nitrogens is 1. The van der Waals surface area contributed by atoms with E-state index >= 15 is 0 Å². The van der Waals surface area contributed by atoms with E-state index in [0.717, 1.165) is 21.3 Å². The van der Waals surface area contributed by atoms with Crippen molar-refractivity contribution in [3.8, 4) is 11.3 Å². The Bertz CT molecular complexity index is 973. The SMILES string of the molecule is Cc1ccc(C(=O)NC(=S)Nc2nc(-c3ccc(Br)cc3)cs2)c(Cl)c1. The van der Waals surface area contributed by atoms with Crippen molar-refractivity contribution in [1.29, 1.82) is 0 Å². The van der Waals surface area contributed by atoms with Crippen LogP contribution in [0.3, 0.4) is 0 Å². The monoisotopic (exact) mass is 465 g/mol. The average Bonchev–Trinajstić information content (AvgIpc) is 3.03. The number of aryl methyl sites for hydroxylation is 1. The van der Waals surface area contributed by atoms with Crippen molar-refractivity contribution in [1.82, 2.24) is 10.3 Å². The number of hydrogen-bond donors (Lipinski definition) is 2. The third-order valence-electron chi connectivity index (χ3n) is 3.46. The summed E-state index contributed by atoms with van der Waals surface area (Å²) in [4.78, 5) is 16.8. The lowest BCUT2D eigenvalue weighted by Gasteiger charge is -2.08. The van der Waals surface area contributed by atoms with Crippen LogP contribution in [0.25, 0.3) is 11.3 Å². The summed E-state index contributed by atoms with van der Waals surface area (Å²) in [5.74, 6) is -0.364. The molecule has 2 N–H and O–H groups in total. The van der Waals surface area contributed by atoms with Gasteiger partial charge in [0.2, 0.25) is 0 Å². The number of nitrogens with zero attached hydrogens (tertiary/aromatic N) is 1. The Morgan fingerprint density at radius 1 is 1.23 bits per heavy atom. The predicted octanol–water partition coefficient (Wildman–Crippen LogP) is 5.66.